The smallest absolute Gasteiger partial charge is 0.164 e. The van der Waals surface area contributed by atoms with E-state index in [0.717, 1.165) is 60.5 Å². The van der Waals surface area contributed by atoms with Crippen molar-refractivity contribution in [2.24, 2.45) is 0 Å². The molecule has 8 aromatic carbocycles. The van der Waals surface area contributed by atoms with Gasteiger partial charge >= 0.3 is 0 Å². The van der Waals surface area contributed by atoms with E-state index in [9.17, 15) is 0 Å². The van der Waals surface area contributed by atoms with Gasteiger partial charge in [0.2, 0.25) is 0 Å². The van der Waals surface area contributed by atoms with Crippen LogP contribution in [0.25, 0.3) is 100 Å². The van der Waals surface area contributed by atoms with E-state index in [1.54, 1.807) is 0 Å². The molecule has 1 aliphatic carbocycles. The van der Waals surface area contributed by atoms with Crippen LogP contribution in [0, 0.1) is 0 Å². The fourth-order valence-corrected chi connectivity index (χ4v) is 8.73. The second kappa shape index (κ2) is 12.4. The molecule has 0 saturated carbocycles. The maximum atomic E-state index is 6.54. The molecule has 0 spiro atoms. The highest BCUT2D eigenvalue weighted by molar-refractivity contribution is 6.13. The first-order valence-corrected chi connectivity index (χ1v) is 19.1. The second-order valence-corrected chi connectivity index (χ2v) is 15.2. The molecule has 0 unspecified atom stereocenters. The summed E-state index contributed by atoms with van der Waals surface area (Å²) >= 11 is 0. The summed E-state index contributed by atoms with van der Waals surface area (Å²) in [5, 5.41) is 4.41. The van der Waals surface area contributed by atoms with Gasteiger partial charge in [0.15, 0.2) is 17.5 Å². The number of nitrogens with zero attached hydrogens (tertiary/aromatic N) is 3. The lowest BCUT2D eigenvalue weighted by Crippen LogP contribution is -2.14. The Balaban J connectivity index is 1.09. The monoisotopic (exact) mass is 717 g/mol. The number of hydrogen-bond acceptors (Lipinski definition) is 4. The Kier molecular flexibility index (Phi) is 7.17. The third-order valence-corrected chi connectivity index (χ3v) is 11.5. The highest BCUT2D eigenvalue weighted by Gasteiger charge is 2.35. The summed E-state index contributed by atoms with van der Waals surface area (Å²) in [6, 6.07) is 61.9. The molecule has 0 bridgehead atoms. The summed E-state index contributed by atoms with van der Waals surface area (Å²) in [7, 11) is 0. The second-order valence-electron chi connectivity index (χ2n) is 15.2. The quantitative estimate of drug-likeness (QED) is 0.178. The van der Waals surface area contributed by atoms with Crippen LogP contribution in [0.4, 0.5) is 0 Å². The van der Waals surface area contributed by atoms with Crippen molar-refractivity contribution in [3.63, 3.8) is 0 Å². The SMILES string of the molecule is CC1(C)c2ccccc2-c2cc(-c3nc(-c4ccccc4)nc(-c4cc(-c5ccc6c(c5)oc5cccc(-c7ccccc7)c56)cc5ccccc45)n3)ccc21. The largest absolute Gasteiger partial charge is 0.456 e. The van der Waals surface area contributed by atoms with Gasteiger partial charge < -0.3 is 4.42 Å². The lowest BCUT2D eigenvalue weighted by atomic mass is 9.82. The molecular formula is C52H35N3O. The van der Waals surface area contributed by atoms with Crippen LogP contribution < -0.4 is 0 Å². The number of fused-ring (bicyclic) bond motifs is 7. The van der Waals surface area contributed by atoms with Crippen molar-refractivity contribution in [1.29, 1.82) is 0 Å². The molecule has 0 radical (unpaired) electrons. The molecule has 0 atom stereocenters. The van der Waals surface area contributed by atoms with Crippen LogP contribution in [0.1, 0.15) is 25.0 Å². The Hall–Kier alpha value is -7.17. The molecule has 0 N–H and O–H groups in total. The van der Waals surface area contributed by atoms with Gasteiger partial charge in [-0.25, -0.2) is 15.0 Å². The van der Waals surface area contributed by atoms with Crippen LogP contribution in [-0.2, 0) is 5.41 Å². The summed E-state index contributed by atoms with van der Waals surface area (Å²) < 4.78 is 6.54. The summed E-state index contributed by atoms with van der Waals surface area (Å²) in [6.07, 6.45) is 0. The molecule has 1 aliphatic rings. The summed E-state index contributed by atoms with van der Waals surface area (Å²) in [5.74, 6) is 1.91. The van der Waals surface area contributed by atoms with Gasteiger partial charge in [-0.05, 0) is 91.7 Å². The first kappa shape index (κ1) is 32.3. The number of benzene rings is 8. The third kappa shape index (κ3) is 5.10. The number of furan rings is 1. The molecule has 0 amide bonds. The topological polar surface area (TPSA) is 51.8 Å². The van der Waals surface area contributed by atoms with Crippen molar-refractivity contribution in [3.05, 3.63) is 187 Å². The number of hydrogen-bond donors (Lipinski definition) is 0. The highest BCUT2D eigenvalue weighted by atomic mass is 16.3. The van der Waals surface area contributed by atoms with E-state index in [2.05, 4.69) is 166 Å². The van der Waals surface area contributed by atoms with E-state index in [-0.39, 0.29) is 5.41 Å². The minimum Gasteiger partial charge on any atom is -0.456 e. The molecule has 0 aliphatic heterocycles. The molecule has 0 saturated heterocycles. The Morgan fingerprint density at radius 2 is 1.02 bits per heavy atom. The van der Waals surface area contributed by atoms with Gasteiger partial charge in [-0.1, -0.05) is 153 Å². The fourth-order valence-electron chi connectivity index (χ4n) is 8.73. The van der Waals surface area contributed by atoms with Gasteiger partial charge in [0, 0.05) is 32.9 Å². The molecule has 56 heavy (non-hydrogen) atoms. The predicted octanol–water partition coefficient (Wildman–Crippen LogP) is 13.6. The first-order chi connectivity index (χ1) is 27.5. The van der Waals surface area contributed by atoms with E-state index in [1.165, 1.54) is 33.4 Å². The summed E-state index contributed by atoms with van der Waals surface area (Å²) in [6.45, 7) is 4.61. The van der Waals surface area contributed by atoms with Gasteiger partial charge in [-0.3, -0.25) is 0 Å². The van der Waals surface area contributed by atoms with Gasteiger partial charge in [-0.15, -0.1) is 0 Å². The van der Waals surface area contributed by atoms with E-state index < -0.39 is 0 Å². The molecule has 11 rings (SSSR count). The highest BCUT2D eigenvalue weighted by Crippen LogP contribution is 2.49. The Morgan fingerprint density at radius 1 is 0.375 bits per heavy atom. The van der Waals surface area contributed by atoms with Crippen molar-refractivity contribution < 1.29 is 4.42 Å². The van der Waals surface area contributed by atoms with Crippen molar-refractivity contribution in [3.8, 4) is 67.5 Å². The lowest BCUT2D eigenvalue weighted by molar-refractivity contribution is 0.660. The number of rotatable bonds is 5. The van der Waals surface area contributed by atoms with E-state index in [1.807, 2.05) is 24.3 Å². The van der Waals surface area contributed by atoms with Crippen LogP contribution in [0.5, 0.6) is 0 Å². The van der Waals surface area contributed by atoms with Gasteiger partial charge in [0.1, 0.15) is 11.2 Å². The molecule has 264 valence electrons. The predicted molar refractivity (Wildman–Crippen MR) is 229 cm³/mol. The summed E-state index contributed by atoms with van der Waals surface area (Å²) in [5.41, 5.74) is 14.1. The average Bonchev–Trinajstić information content (AvgIpc) is 3.75. The number of aromatic nitrogens is 3. The van der Waals surface area contributed by atoms with Crippen molar-refractivity contribution >= 4 is 32.7 Å². The van der Waals surface area contributed by atoms with E-state index >= 15 is 0 Å². The van der Waals surface area contributed by atoms with Crippen molar-refractivity contribution in [2.75, 3.05) is 0 Å². The minimum atomic E-state index is -0.0845. The molecule has 4 heteroatoms. The molecule has 4 nitrogen and oxygen atoms in total. The maximum Gasteiger partial charge on any atom is 0.164 e. The van der Waals surface area contributed by atoms with Crippen LogP contribution in [0.15, 0.2) is 180 Å². The zero-order valence-corrected chi connectivity index (χ0v) is 31.0. The molecular weight excluding hydrogens is 683 g/mol. The van der Waals surface area contributed by atoms with Crippen LogP contribution in [0.3, 0.4) is 0 Å². The van der Waals surface area contributed by atoms with Crippen LogP contribution >= 0.6 is 0 Å². The Labute approximate surface area is 324 Å². The molecule has 10 aromatic rings. The van der Waals surface area contributed by atoms with Crippen LogP contribution in [0.2, 0.25) is 0 Å². The van der Waals surface area contributed by atoms with Gasteiger partial charge in [0.25, 0.3) is 0 Å². The zero-order chi connectivity index (χ0) is 37.4. The average molecular weight is 718 g/mol. The Morgan fingerprint density at radius 3 is 1.86 bits per heavy atom. The fraction of sp³-hybridized carbons (Fsp3) is 0.0577. The zero-order valence-electron chi connectivity index (χ0n) is 31.0. The molecule has 2 heterocycles. The first-order valence-electron chi connectivity index (χ1n) is 19.1. The minimum absolute atomic E-state index is 0.0845. The van der Waals surface area contributed by atoms with Crippen LogP contribution in [-0.4, -0.2) is 15.0 Å². The normalized spacial score (nSPS) is 13.0. The van der Waals surface area contributed by atoms with Crippen molar-refractivity contribution in [1.82, 2.24) is 15.0 Å². The van der Waals surface area contributed by atoms with E-state index in [4.69, 9.17) is 19.4 Å². The Bertz CT molecular complexity index is 3160. The summed E-state index contributed by atoms with van der Waals surface area (Å²) in [4.78, 5) is 15.6. The molecule has 2 aromatic heterocycles. The van der Waals surface area contributed by atoms with Gasteiger partial charge in [0.05, 0.1) is 0 Å². The third-order valence-electron chi connectivity index (χ3n) is 11.5. The standard InChI is InChI=1S/C52H35N3O/c1-52(2)44-22-12-11-20-40(44)42-29-36(25-27-45(42)52)50-53-49(33-16-7-4-8-17-33)54-51(55-50)43-30-37(28-35-18-9-10-19-38(35)43)34-24-26-41-47(31-34)56-46-23-13-21-39(48(41)46)32-14-5-3-6-15-32/h3-31H,1-2H3. The van der Waals surface area contributed by atoms with E-state index in [0.29, 0.717) is 17.5 Å². The maximum absolute atomic E-state index is 6.54. The lowest BCUT2D eigenvalue weighted by Gasteiger charge is -2.21. The van der Waals surface area contributed by atoms with Crippen molar-refractivity contribution in [2.45, 2.75) is 19.3 Å². The molecule has 0 fully saturated rings. The van der Waals surface area contributed by atoms with Gasteiger partial charge in [-0.2, -0.15) is 0 Å².